The number of rotatable bonds is 7. The smallest absolute Gasteiger partial charge is 0.319 e. The highest BCUT2D eigenvalue weighted by atomic mass is 32.2. The molecule has 5 fully saturated rings. The molecule has 5 aromatic rings. The summed E-state index contributed by atoms with van der Waals surface area (Å²) >= 11 is 0. The van der Waals surface area contributed by atoms with Gasteiger partial charge in [-0.3, -0.25) is 9.88 Å². The van der Waals surface area contributed by atoms with Crippen molar-refractivity contribution in [2.24, 2.45) is 0 Å². The van der Waals surface area contributed by atoms with Gasteiger partial charge in [0, 0.05) is 56.4 Å². The van der Waals surface area contributed by atoms with Crippen LogP contribution in [0.15, 0.2) is 30.6 Å². The van der Waals surface area contributed by atoms with Gasteiger partial charge in [-0.15, -0.1) is 0 Å². The van der Waals surface area contributed by atoms with Gasteiger partial charge >= 0.3 is 6.01 Å². The molecule has 0 saturated carbocycles. The SMILES string of the molecule is CCc1c(F)ccc2cc3c(cnn3C3CCCCO3)c(-c3ncc4c(N5CCCC6(CNS(=O)(=O)N6)C5)nc(OC[C@@]56CCCN5C[C@H](F)C6)nc4c3F)c12. The summed E-state index contributed by atoms with van der Waals surface area (Å²) in [6.45, 7) is 4.72. The van der Waals surface area contributed by atoms with Crippen molar-refractivity contribution >= 4 is 48.6 Å². The van der Waals surface area contributed by atoms with Gasteiger partial charge in [0.2, 0.25) is 0 Å². The number of anilines is 1. The Balaban J connectivity index is 1.15. The zero-order valence-corrected chi connectivity index (χ0v) is 32.0. The topological polar surface area (TPSA) is 140 Å². The second kappa shape index (κ2) is 13.5. The van der Waals surface area contributed by atoms with Crippen LogP contribution in [0.3, 0.4) is 0 Å². The van der Waals surface area contributed by atoms with Crippen LogP contribution < -0.4 is 19.1 Å². The van der Waals surface area contributed by atoms with E-state index in [1.807, 2.05) is 22.6 Å². The van der Waals surface area contributed by atoms with E-state index in [-0.39, 0.29) is 43.1 Å². The van der Waals surface area contributed by atoms with Gasteiger partial charge < -0.3 is 14.4 Å². The van der Waals surface area contributed by atoms with Crippen molar-refractivity contribution in [3.63, 3.8) is 0 Å². The maximum absolute atomic E-state index is 17.7. The molecule has 0 aliphatic carbocycles. The highest BCUT2D eigenvalue weighted by Gasteiger charge is 2.50. The van der Waals surface area contributed by atoms with E-state index in [2.05, 4.69) is 14.3 Å². The van der Waals surface area contributed by atoms with E-state index >= 15 is 8.78 Å². The summed E-state index contributed by atoms with van der Waals surface area (Å²) in [7, 11) is -3.67. The number of halogens is 3. The van der Waals surface area contributed by atoms with Crippen LogP contribution in [0.25, 0.3) is 43.8 Å². The number of aromatic nitrogens is 5. The van der Waals surface area contributed by atoms with Crippen LogP contribution in [0.4, 0.5) is 19.0 Å². The third-order valence-electron chi connectivity index (χ3n) is 12.7. The van der Waals surface area contributed by atoms with E-state index in [1.165, 1.54) is 12.3 Å². The molecule has 296 valence electrons. The van der Waals surface area contributed by atoms with E-state index in [1.54, 1.807) is 12.3 Å². The van der Waals surface area contributed by atoms with Crippen molar-refractivity contribution in [2.45, 2.75) is 88.2 Å². The molecule has 2 aromatic carbocycles. The van der Waals surface area contributed by atoms with Gasteiger partial charge in [0.05, 0.1) is 28.2 Å². The van der Waals surface area contributed by atoms with Crippen LogP contribution in [0.5, 0.6) is 6.01 Å². The lowest BCUT2D eigenvalue weighted by atomic mass is 9.90. The number of fused-ring (bicyclic) bond motifs is 4. The van der Waals surface area contributed by atoms with Gasteiger partial charge in [-0.05, 0) is 86.4 Å². The minimum Gasteiger partial charge on any atom is -0.461 e. The summed E-state index contributed by atoms with van der Waals surface area (Å²) in [6, 6.07) is 5.03. The Kier molecular flexibility index (Phi) is 8.70. The Labute approximate surface area is 322 Å². The van der Waals surface area contributed by atoms with Crippen LogP contribution in [-0.4, -0.2) is 101 Å². The van der Waals surface area contributed by atoms with Crippen LogP contribution in [0, 0.1) is 11.6 Å². The molecule has 4 atom stereocenters. The lowest BCUT2D eigenvalue weighted by Gasteiger charge is -2.40. The van der Waals surface area contributed by atoms with Gasteiger partial charge in [-0.25, -0.2) is 22.6 Å². The predicted molar refractivity (Wildman–Crippen MR) is 204 cm³/mol. The van der Waals surface area contributed by atoms with E-state index in [4.69, 9.17) is 29.5 Å². The molecule has 13 nitrogen and oxygen atoms in total. The minimum atomic E-state index is -3.67. The fourth-order valence-corrected chi connectivity index (χ4v) is 11.4. The number of aryl methyl sites for hydroxylation is 1. The van der Waals surface area contributed by atoms with Gasteiger partial charge in [0.1, 0.15) is 35.6 Å². The van der Waals surface area contributed by atoms with E-state index in [0.29, 0.717) is 83.9 Å². The summed E-state index contributed by atoms with van der Waals surface area (Å²) in [5.41, 5.74) is 0.204. The van der Waals surface area contributed by atoms with Crippen molar-refractivity contribution in [1.82, 2.24) is 39.1 Å². The average molecular weight is 792 g/mol. The first-order chi connectivity index (χ1) is 27.1. The van der Waals surface area contributed by atoms with E-state index in [0.717, 1.165) is 44.2 Å². The molecule has 0 radical (unpaired) electrons. The molecule has 1 spiro atoms. The van der Waals surface area contributed by atoms with Gasteiger partial charge in [-0.2, -0.15) is 28.2 Å². The summed E-state index contributed by atoms with van der Waals surface area (Å²) in [6.07, 6.45) is 8.32. The largest absolute Gasteiger partial charge is 0.461 e. The molecular weight excluding hydrogens is 748 g/mol. The quantitative estimate of drug-likeness (QED) is 0.218. The summed E-state index contributed by atoms with van der Waals surface area (Å²) < 4.78 is 92.6. The molecule has 0 bridgehead atoms. The number of pyridine rings is 1. The first-order valence-corrected chi connectivity index (χ1v) is 21.2. The van der Waals surface area contributed by atoms with Crippen molar-refractivity contribution in [3.8, 4) is 17.3 Å². The van der Waals surface area contributed by atoms with E-state index in [9.17, 15) is 12.8 Å². The highest BCUT2D eigenvalue weighted by molar-refractivity contribution is 7.87. The lowest BCUT2D eigenvalue weighted by molar-refractivity contribution is -0.0366. The summed E-state index contributed by atoms with van der Waals surface area (Å²) in [5, 5.41) is 6.92. The second-order valence-electron chi connectivity index (χ2n) is 16.2. The summed E-state index contributed by atoms with van der Waals surface area (Å²) in [5.74, 6) is -0.781. The molecule has 5 aliphatic heterocycles. The molecule has 10 rings (SSSR count). The maximum Gasteiger partial charge on any atom is 0.319 e. The molecule has 0 amide bonds. The molecule has 3 aromatic heterocycles. The molecule has 17 heteroatoms. The van der Waals surface area contributed by atoms with Crippen molar-refractivity contribution in [3.05, 3.63) is 47.8 Å². The second-order valence-corrected chi connectivity index (χ2v) is 17.7. The van der Waals surface area contributed by atoms with Gasteiger partial charge in [0.25, 0.3) is 10.2 Å². The lowest BCUT2D eigenvalue weighted by Crippen LogP contribution is -2.56. The number of hydrogen-bond donors (Lipinski definition) is 2. The first-order valence-electron chi connectivity index (χ1n) is 19.7. The number of nitrogens with zero attached hydrogens (tertiary/aromatic N) is 7. The molecule has 8 heterocycles. The van der Waals surface area contributed by atoms with Gasteiger partial charge in [-0.1, -0.05) is 13.0 Å². The standard InChI is InChI=1S/C39H44F3N9O4S/c1-2-25-28(41)9-8-23-15-29-26(18-44-51(29)30-7-3-4-14-54-30)32(31(23)25)35-33(42)34-27(17-43-35)36(49-12-5-10-38(21-49)20-45-56(52,53)48-38)47-37(46-34)55-22-39-11-6-13-50(39)19-24(40)16-39/h8-9,15,17-18,24,30,45,48H,2-7,10-14,16,19-22H2,1H3/t24-,30?,38?,39+/m1/s1. The average Bonchev–Trinajstić information content (AvgIpc) is 3.94. The number of hydrogen-bond acceptors (Lipinski definition) is 10. The Morgan fingerprint density at radius 3 is 2.75 bits per heavy atom. The zero-order valence-electron chi connectivity index (χ0n) is 31.2. The number of piperidine rings is 1. The fraction of sp³-hybridized carbons (Fsp3) is 0.538. The number of ether oxygens (including phenoxy) is 2. The monoisotopic (exact) mass is 791 g/mol. The Bertz CT molecular complexity index is 2500. The number of alkyl halides is 1. The van der Waals surface area contributed by atoms with Gasteiger partial charge in [0.15, 0.2) is 12.0 Å². The Morgan fingerprint density at radius 2 is 1.95 bits per heavy atom. The highest BCUT2D eigenvalue weighted by Crippen LogP contribution is 2.44. The molecule has 5 aliphatic rings. The van der Waals surface area contributed by atoms with Crippen LogP contribution in [0.2, 0.25) is 0 Å². The van der Waals surface area contributed by atoms with Crippen molar-refractivity contribution < 1.29 is 31.1 Å². The van der Waals surface area contributed by atoms with Crippen LogP contribution in [0.1, 0.15) is 70.1 Å². The molecular formula is C39H44F3N9O4S. The molecule has 5 saturated heterocycles. The minimum absolute atomic E-state index is 0.0207. The first kappa shape index (κ1) is 36.2. The van der Waals surface area contributed by atoms with Crippen molar-refractivity contribution in [2.75, 3.05) is 50.8 Å². The van der Waals surface area contributed by atoms with E-state index < -0.39 is 39.1 Å². The Hall–Kier alpha value is -4.16. The number of benzene rings is 2. The molecule has 56 heavy (non-hydrogen) atoms. The zero-order chi connectivity index (χ0) is 38.4. The molecule has 2 N–H and O–H groups in total. The third-order valence-corrected chi connectivity index (χ3v) is 13.9. The molecule has 2 unspecified atom stereocenters. The van der Waals surface area contributed by atoms with Crippen LogP contribution in [-0.2, 0) is 21.4 Å². The summed E-state index contributed by atoms with van der Waals surface area (Å²) in [4.78, 5) is 18.4. The maximum atomic E-state index is 17.7. The Morgan fingerprint density at radius 1 is 1.07 bits per heavy atom. The normalized spacial score (nSPS) is 28.0. The predicted octanol–water partition coefficient (Wildman–Crippen LogP) is 5.47. The number of nitrogens with one attached hydrogen (secondary N) is 2. The third kappa shape index (κ3) is 5.91. The van der Waals surface area contributed by atoms with Crippen molar-refractivity contribution in [1.29, 1.82) is 0 Å². The van der Waals surface area contributed by atoms with Crippen LogP contribution >= 0.6 is 0 Å². The fourth-order valence-electron chi connectivity index (χ4n) is 10.1.